The van der Waals surface area contributed by atoms with Crippen molar-refractivity contribution in [2.75, 3.05) is 33.5 Å². The van der Waals surface area contributed by atoms with E-state index in [0.717, 1.165) is 55.6 Å². The Kier molecular flexibility index (Phi) is 10.8. The number of hydrogen-bond donors (Lipinski definition) is 1. The third-order valence-electron chi connectivity index (χ3n) is 9.89. The number of aromatic carboxylic acids is 1. The van der Waals surface area contributed by atoms with Crippen molar-refractivity contribution in [2.45, 2.75) is 59.4 Å². The lowest BCUT2D eigenvalue weighted by molar-refractivity contribution is 0.0625. The molecule has 3 aromatic heterocycles. The molecule has 1 aliphatic heterocycles. The molecule has 11 nitrogen and oxygen atoms in total. The van der Waals surface area contributed by atoms with Crippen molar-refractivity contribution in [2.24, 2.45) is 7.05 Å². The molecular formula is C40H43ClFN5O6. The van der Waals surface area contributed by atoms with Gasteiger partial charge in [-0.2, -0.15) is 10.2 Å². The molecule has 0 saturated carbocycles. The molecule has 0 fully saturated rings. The molecule has 0 radical (unpaired) electrons. The first-order valence-corrected chi connectivity index (χ1v) is 18.1. The normalized spacial score (nSPS) is 14.0. The highest BCUT2D eigenvalue weighted by molar-refractivity contribution is 6.35. The number of halogens is 2. The van der Waals surface area contributed by atoms with E-state index in [9.17, 15) is 14.3 Å². The van der Waals surface area contributed by atoms with Crippen LogP contribution in [0.2, 0.25) is 5.02 Å². The first-order chi connectivity index (χ1) is 25.6. The summed E-state index contributed by atoms with van der Waals surface area (Å²) in [7, 11) is 3.55. The van der Waals surface area contributed by atoms with Gasteiger partial charge >= 0.3 is 5.97 Å². The Bertz CT molecular complexity index is 2310. The standard InChI is InChI=1S/C40H43ClFN5O6/c1-24-36-33-11-10-32(41)38(36)37-25(2)43-47(13-15-51-17-16-50-4)34(37)23-52-22-29-21-30(45(3)44-29)8-6-26-18-27-20-28(42)7-9-31(27)35(19-26)53-14-5-12-46(33)39(24)40(48)49/h7,9-11,18-21H,5-6,8,12-17,22-23H2,1-4H3,(H,48,49). The number of methoxy groups -OCH3 is 1. The molecule has 8 bridgehead atoms. The van der Waals surface area contributed by atoms with E-state index in [4.69, 9.17) is 40.7 Å². The molecule has 0 atom stereocenters. The number of nitrogens with zero attached hydrogens (tertiary/aromatic N) is 5. The van der Waals surface area contributed by atoms with Crippen LogP contribution in [0.25, 0.3) is 32.8 Å². The molecule has 7 rings (SSSR count). The number of carboxylic acid groups (broad SMARTS) is 1. The van der Waals surface area contributed by atoms with E-state index in [0.29, 0.717) is 80.7 Å². The maximum Gasteiger partial charge on any atom is 0.352 e. The van der Waals surface area contributed by atoms with Crippen molar-refractivity contribution in [3.05, 3.63) is 99.0 Å². The summed E-state index contributed by atoms with van der Waals surface area (Å²) in [6.45, 7) is 6.73. The van der Waals surface area contributed by atoms with Gasteiger partial charge in [0.25, 0.3) is 0 Å². The van der Waals surface area contributed by atoms with E-state index in [2.05, 4.69) is 0 Å². The zero-order valence-electron chi connectivity index (χ0n) is 30.4. The lowest BCUT2D eigenvalue weighted by Crippen LogP contribution is -2.13. The summed E-state index contributed by atoms with van der Waals surface area (Å²) >= 11 is 7.06. The molecule has 278 valence electrons. The van der Waals surface area contributed by atoms with Gasteiger partial charge in [0.05, 0.1) is 63.3 Å². The van der Waals surface area contributed by atoms with Crippen LogP contribution in [0.15, 0.2) is 48.5 Å². The maximum atomic E-state index is 14.4. The predicted octanol–water partition coefficient (Wildman–Crippen LogP) is 7.45. The van der Waals surface area contributed by atoms with Crippen molar-refractivity contribution in [3.8, 4) is 16.9 Å². The van der Waals surface area contributed by atoms with E-state index >= 15 is 0 Å². The van der Waals surface area contributed by atoms with Crippen molar-refractivity contribution in [1.29, 1.82) is 0 Å². The van der Waals surface area contributed by atoms with Crippen molar-refractivity contribution < 1.29 is 33.2 Å². The van der Waals surface area contributed by atoms with Gasteiger partial charge in [0.1, 0.15) is 17.3 Å². The average molecular weight is 744 g/mol. The molecule has 6 aromatic rings. The number of rotatable bonds is 7. The van der Waals surface area contributed by atoms with Gasteiger partial charge < -0.3 is 28.6 Å². The monoisotopic (exact) mass is 743 g/mol. The molecule has 0 spiro atoms. The van der Waals surface area contributed by atoms with Crippen LogP contribution >= 0.6 is 11.6 Å². The number of carbonyl (C=O) groups is 1. The number of aryl methyl sites for hydroxylation is 6. The van der Waals surface area contributed by atoms with Crippen LogP contribution < -0.4 is 4.74 Å². The minimum absolute atomic E-state index is 0.189. The lowest BCUT2D eigenvalue weighted by atomic mass is 9.97. The Morgan fingerprint density at radius 2 is 1.87 bits per heavy atom. The molecular weight excluding hydrogens is 701 g/mol. The Morgan fingerprint density at radius 1 is 1.02 bits per heavy atom. The average Bonchev–Trinajstić information content (AvgIpc) is 3.74. The van der Waals surface area contributed by atoms with Crippen LogP contribution in [0.5, 0.6) is 5.75 Å². The molecule has 0 amide bonds. The lowest BCUT2D eigenvalue weighted by Gasteiger charge is -2.14. The molecule has 0 saturated heterocycles. The van der Waals surface area contributed by atoms with E-state index in [1.54, 1.807) is 13.2 Å². The molecule has 0 unspecified atom stereocenters. The molecule has 53 heavy (non-hydrogen) atoms. The third kappa shape index (κ3) is 7.41. The van der Waals surface area contributed by atoms with E-state index < -0.39 is 5.97 Å². The highest BCUT2D eigenvalue weighted by Gasteiger charge is 2.27. The summed E-state index contributed by atoms with van der Waals surface area (Å²) < 4.78 is 43.6. The van der Waals surface area contributed by atoms with Gasteiger partial charge in [-0.05, 0) is 92.1 Å². The fraction of sp³-hybridized carbons (Fsp3) is 0.375. The van der Waals surface area contributed by atoms with Crippen molar-refractivity contribution in [1.82, 2.24) is 24.1 Å². The molecule has 13 heteroatoms. The van der Waals surface area contributed by atoms with Gasteiger partial charge in [0.15, 0.2) is 0 Å². The van der Waals surface area contributed by atoms with Gasteiger partial charge in [-0.15, -0.1) is 0 Å². The Labute approximate surface area is 311 Å². The third-order valence-corrected chi connectivity index (χ3v) is 10.2. The topological polar surface area (TPSA) is 115 Å². The second kappa shape index (κ2) is 15.7. The second-order valence-electron chi connectivity index (χ2n) is 13.4. The second-order valence-corrected chi connectivity index (χ2v) is 13.8. The fourth-order valence-corrected chi connectivity index (χ4v) is 7.73. The van der Waals surface area contributed by atoms with Gasteiger partial charge in [0.2, 0.25) is 0 Å². The smallest absolute Gasteiger partial charge is 0.352 e. The van der Waals surface area contributed by atoms with Crippen LogP contribution in [0.4, 0.5) is 4.39 Å². The van der Waals surface area contributed by atoms with E-state index in [1.165, 1.54) is 12.1 Å². The van der Waals surface area contributed by atoms with Crippen molar-refractivity contribution in [3.63, 3.8) is 0 Å². The highest BCUT2D eigenvalue weighted by Crippen LogP contribution is 2.43. The van der Waals surface area contributed by atoms with Crippen LogP contribution in [-0.2, 0) is 60.4 Å². The predicted molar refractivity (Wildman–Crippen MR) is 200 cm³/mol. The number of benzene rings is 3. The van der Waals surface area contributed by atoms with Crippen LogP contribution in [0, 0.1) is 19.7 Å². The van der Waals surface area contributed by atoms with Gasteiger partial charge in [-0.3, -0.25) is 9.36 Å². The molecule has 1 N–H and O–H groups in total. The number of aromatic nitrogens is 5. The number of ether oxygens (including phenoxy) is 4. The van der Waals surface area contributed by atoms with E-state index in [-0.39, 0.29) is 24.7 Å². The highest BCUT2D eigenvalue weighted by atomic mass is 35.5. The zero-order chi connectivity index (χ0) is 37.2. The van der Waals surface area contributed by atoms with Crippen molar-refractivity contribution >= 4 is 39.2 Å². The summed E-state index contributed by atoms with van der Waals surface area (Å²) in [5.74, 6) is -0.686. The maximum absolute atomic E-state index is 14.4. The van der Waals surface area contributed by atoms with Gasteiger partial charge in [-0.25, -0.2) is 9.18 Å². The number of carboxylic acids is 1. The Hall–Kier alpha value is -4.75. The van der Waals surface area contributed by atoms with E-state index in [1.807, 2.05) is 65.2 Å². The zero-order valence-corrected chi connectivity index (χ0v) is 31.1. The quantitative estimate of drug-likeness (QED) is 0.168. The molecule has 4 heterocycles. The summed E-state index contributed by atoms with van der Waals surface area (Å²) in [5.41, 5.74) is 7.42. The summed E-state index contributed by atoms with van der Waals surface area (Å²) in [6.07, 6.45) is 1.92. The number of fused-ring (bicyclic) bond motifs is 8. The largest absolute Gasteiger partial charge is 0.493 e. The SMILES string of the molecule is COCCOCCn1nc(C)c2c1COCc1cc(n(C)n1)CCc1cc(c3ccc(F)cc3c1)OCCCn1c(C(=O)O)c(C)c3c-2c(Cl)ccc31. The van der Waals surface area contributed by atoms with Gasteiger partial charge in [0, 0.05) is 58.8 Å². The summed E-state index contributed by atoms with van der Waals surface area (Å²) in [6, 6.07) is 14.5. The van der Waals surface area contributed by atoms with Crippen LogP contribution in [0.1, 0.15) is 50.8 Å². The number of hydrogen-bond acceptors (Lipinski definition) is 7. The first-order valence-electron chi connectivity index (χ1n) is 17.8. The molecule has 3 aromatic carbocycles. The summed E-state index contributed by atoms with van der Waals surface area (Å²) in [5, 5.41) is 23.0. The van der Waals surface area contributed by atoms with Crippen LogP contribution in [0.3, 0.4) is 0 Å². The Balaban J connectivity index is 1.34. The fourth-order valence-electron chi connectivity index (χ4n) is 7.48. The summed E-state index contributed by atoms with van der Waals surface area (Å²) in [4.78, 5) is 12.9. The van der Waals surface area contributed by atoms with Gasteiger partial charge in [-0.1, -0.05) is 17.7 Å². The minimum Gasteiger partial charge on any atom is -0.493 e. The van der Waals surface area contributed by atoms with Crippen LogP contribution in [-0.4, -0.2) is 68.7 Å². The minimum atomic E-state index is -1.03. The Morgan fingerprint density at radius 3 is 2.68 bits per heavy atom. The molecule has 1 aliphatic rings. The first kappa shape index (κ1) is 36.6. The molecule has 0 aliphatic carbocycles.